The predicted octanol–water partition coefficient (Wildman–Crippen LogP) is 4.80. The Morgan fingerprint density at radius 2 is 1.88 bits per heavy atom. The molecule has 34 heavy (non-hydrogen) atoms. The molecule has 1 aliphatic heterocycles. The van der Waals surface area contributed by atoms with E-state index in [1.807, 2.05) is 42.5 Å². The lowest BCUT2D eigenvalue weighted by atomic mass is 9.77. The first-order chi connectivity index (χ1) is 16.5. The number of rotatable bonds is 7. The second-order valence-corrected chi connectivity index (χ2v) is 8.94. The molecule has 1 fully saturated rings. The highest BCUT2D eigenvalue weighted by atomic mass is 35.5. The Kier molecular flexibility index (Phi) is 7.93. The average molecular weight is 485 g/mol. The van der Waals surface area contributed by atoms with Crippen LogP contribution in [0.3, 0.4) is 0 Å². The van der Waals surface area contributed by atoms with Crippen molar-refractivity contribution < 1.29 is 18.7 Å². The number of hydrogen-bond acceptors (Lipinski definition) is 3. The van der Waals surface area contributed by atoms with E-state index >= 15 is 0 Å². The normalized spacial score (nSPS) is 18.0. The molecular weight excluding hydrogens is 458 g/mol. The second kappa shape index (κ2) is 11.1. The van der Waals surface area contributed by atoms with Crippen molar-refractivity contribution in [3.8, 4) is 11.1 Å². The maximum atomic E-state index is 13.9. The number of aliphatic hydroxyl groups is 1. The molecule has 0 aliphatic carbocycles. The van der Waals surface area contributed by atoms with Gasteiger partial charge in [0.05, 0.1) is 0 Å². The Balaban J connectivity index is 1.59. The van der Waals surface area contributed by atoms with Crippen LogP contribution in [0.25, 0.3) is 11.1 Å². The largest absolute Gasteiger partial charge is 0.387 e. The number of hydrogen-bond donors (Lipinski definition) is 3. The maximum absolute atomic E-state index is 13.9. The molecule has 0 aromatic heterocycles. The quantitative estimate of drug-likeness (QED) is 0.451. The van der Waals surface area contributed by atoms with Crippen LogP contribution in [0.2, 0.25) is 5.02 Å². The lowest BCUT2D eigenvalue weighted by Crippen LogP contribution is -2.34. The van der Waals surface area contributed by atoms with Gasteiger partial charge in [0.1, 0.15) is 6.61 Å². The highest BCUT2D eigenvalue weighted by molar-refractivity contribution is 6.31. The van der Waals surface area contributed by atoms with Crippen molar-refractivity contribution in [3.05, 3.63) is 94.0 Å². The van der Waals surface area contributed by atoms with Gasteiger partial charge in [0.2, 0.25) is 5.91 Å². The molecule has 0 bridgehead atoms. The molecule has 178 valence electrons. The topological polar surface area (TPSA) is 61.4 Å². The van der Waals surface area contributed by atoms with Crippen LogP contribution in [0.1, 0.15) is 34.9 Å². The summed E-state index contributed by atoms with van der Waals surface area (Å²) in [5, 5.41) is 15.6. The second-order valence-electron chi connectivity index (χ2n) is 8.53. The average Bonchev–Trinajstić information content (AvgIpc) is 2.86. The molecule has 7 heteroatoms. The summed E-state index contributed by atoms with van der Waals surface area (Å²) in [6.07, 6.45) is 1.42. The molecule has 3 aromatic carbocycles. The summed E-state index contributed by atoms with van der Waals surface area (Å²) in [7, 11) is 0. The number of piperidine rings is 1. The van der Waals surface area contributed by atoms with Crippen molar-refractivity contribution in [2.24, 2.45) is 0 Å². The number of aliphatic hydroxyl groups excluding tert-OH is 1. The number of nitrogens with one attached hydrogen (secondary N) is 2. The van der Waals surface area contributed by atoms with E-state index in [-0.39, 0.29) is 11.8 Å². The van der Waals surface area contributed by atoms with E-state index in [2.05, 4.69) is 10.6 Å². The van der Waals surface area contributed by atoms with Gasteiger partial charge in [-0.05, 0) is 71.3 Å². The Labute approximate surface area is 203 Å². The Morgan fingerprint density at radius 3 is 2.65 bits per heavy atom. The molecule has 1 amide bonds. The van der Waals surface area contributed by atoms with Gasteiger partial charge in [0.25, 0.3) is 0 Å². The zero-order valence-corrected chi connectivity index (χ0v) is 19.4. The molecule has 1 saturated heterocycles. The lowest BCUT2D eigenvalue weighted by Gasteiger charge is -2.33. The highest BCUT2D eigenvalue weighted by Gasteiger charge is 2.30. The number of carbonyl (C=O) groups excluding carboxylic acids is 1. The van der Waals surface area contributed by atoms with Crippen LogP contribution in [0.4, 0.5) is 8.78 Å². The van der Waals surface area contributed by atoms with Gasteiger partial charge < -0.3 is 15.7 Å². The van der Waals surface area contributed by atoms with Crippen molar-refractivity contribution in [2.45, 2.75) is 24.7 Å². The Hall–Kier alpha value is -2.80. The molecule has 4 nitrogen and oxygen atoms in total. The Bertz CT molecular complexity index is 1170. The first kappa shape index (κ1) is 24.3. The molecule has 0 unspecified atom stereocenters. The summed E-state index contributed by atoms with van der Waals surface area (Å²) in [6, 6.07) is 18.1. The number of carbonyl (C=O) groups is 1. The summed E-state index contributed by atoms with van der Waals surface area (Å²) in [5.41, 5.74) is 4.79. The smallest absolute Gasteiger partial charge is 0.245 e. The van der Waals surface area contributed by atoms with Gasteiger partial charge in [0.15, 0.2) is 11.6 Å². The summed E-state index contributed by atoms with van der Waals surface area (Å²) in [6.45, 7) is 1.39. The third-order valence-electron chi connectivity index (χ3n) is 6.44. The monoisotopic (exact) mass is 484 g/mol. The van der Waals surface area contributed by atoms with E-state index in [1.54, 1.807) is 6.07 Å². The van der Waals surface area contributed by atoms with Crippen molar-refractivity contribution in [2.75, 3.05) is 26.2 Å². The van der Waals surface area contributed by atoms with Crippen molar-refractivity contribution in [1.82, 2.24) is 10.6 Å². The van der Waals surface area contributed by atoms with E-state index in [4.69, 9.17) is 16.7 Å². The van der Waals surface area contributed by atoms with Crippen molar-refractivity contribution in [1.29, 1.82) is 0 Å². The van der Waals surface area contributed by atoms with Crippen LogP contribution in [0.5, 0.6) is 0 Å². The van der Waals surface area contributed by atoms with E-state index in [0.717, 1.165) is 40.8 Å². The maximum Gasteiger partial charge on any atom is 0.245 e. The SMILES string of the molecule is O=C(CO)NCCc1ccccc1-c1ccc([C@H]2CNCC[C@@H]2c2ccc(F)c(F)c2)c(Cl)c1. The minimum atomic E-state index is -0.841. The molecule has 0 saturated carbocycles. The van der Waals surface area contributed by atoms with Gasteiger partial charge in [-0.3, -0.25) is 4.79 Å². The molecule has 1 aliphatic rings. The summed E-state index contributed by atoms with van der Waals surface area (Å²) in [5.74, 6) is -2.01. The summed E-state index contributed by atoms with van der Waals surface area (Å²) >= 11 is 6.79. The van der Waals surface area contributed by atoms with Crippen LogP contribution in [0.15, 0.2) is 60.7 Å². The summed E-state index contributed by atoms with van der Waals surface area (Å²) < 4.78 is 27.4. The third-order valence-corrected chi connectivity index (χ3v) is 6.77. The van der Waals surface area contributed by atoms with Gasteiger partial charge >= 0.3 is 0 Å². The fraction of sp³-hybridized carbons (Fsp3) is 0.296. The van der Waals surface area contributed by atoms with E-state index in [1.165, 1.54) is 12.1 Å². The molecule has 4 rings (SSSR count). The first-order valence-corrected chi connectivity index (χ1v) is 11.8. The van der Waals surface area contributed by atoms with E-state index in [0.29, 0.717) is 24.5 Å². The van der Waals surface area contributed by atoms with Crippen molar-refractivity contribution in [3.63, 3.8) is 0 Å². The Morgan fingerprint density at radius 1 is 1.06 bits per heavy atom. The number of halogens is 3. The van der Waals surface area contributed by atoms with Gasteiger partial charge in [-0.25, -0.2) is 8.78 Å². The molecule has 1 heterocycles. The lowest BCUT2D eigenvalue weighted by molar-refractivity contribution is -0.123. The molecular formula is C27H27ClF2N2O2. The predicted molar refractivity (Wildman–Crippen MR) is 130 cm³/mol. The van der Waals surface area contributed by atoms with E-state index < -0.39 is 24.1 Å². The standard InChI is InChI=1S/C27H27ClF2N2O2/c28-24-13-18(20-4-2-1-3-17(20)9-12-32-27(34)16-33)5-7-22(24)23-15-31-11-10-21(23)19-6-8-25(29)26(30)14-19/h1-8,13-14,21,23,31,33H,9-12,15-16H2,(H,32,34)/t21-,23+/m1/s1. The number of amides is 1. The molecule has 2 atom stereocenters. The number of benzene rings is 3. The van der Waals surface area contributed by atoms with Crippen LogP contribution in [0, 0.1) is 11.6 Å². The highest BCUT2D eigenvalue weighted by Crippen LogP contribution is 2.41. The molecule has 0 spiro atoms. The van der Waals surface area contributed by atoms with Gasteiger partial charge in [0, 0.05) is 24.0 Å². The fourth-order valence-corrected chi connectivity index (χ4v) is 5.06. The van der Waals surface area contributed by atoms with Crippen molar-refractivity contribution >= 4 is 17.5 Å². The van der Waals surface area contributed by atoms with Crippen LogP contribution in [-0.2, 0) is 11.2 Å². The first-order valence-electron chi connectivity index (χ1n) is 11.4. The van der Waals surface area contributed by atoms with Gasteiger partial charge in [-0.2, -0.15) is 0 Å². The fourth-order valence-electron chi connectivity index (χ4n) is 4.74. The minimum absolute atomic E-state index is 0.0297. The van der Waals surface area contributed by atoms with Crippen LogP contribution in [-0.4, -0.2) is 37.3 Å². The molecule has 0 radical (unpaired) electrons. The zero-order valence-electron chi connectivity index (χ0n) is 18.7. The minimum Gasteiger partial charge on any atom is -0.387 e. The van der Waals surface area contributed by atoms with Crippen LogP contribution < -0.4 is 10.6 Å². The van der Waals surface area contributed by atoms with Gasteiger partial charge in [-0.1, -0.05) is 54.1 Å². The van der Waals surface area contributed by atoms with Gasteiger partial charge in [-0.15, -0.1) is 0 Å². The van der Waals surface area contributed by atoms with E-state index in [9.17, 15) is 13.6 Å². The zero-order chi connectivity index (χ0) is 24.1. The van der Waals surface area contributed by atoms with Crippen LogP contribution >= 0.6 is 11.6 Å². The molecule has 3 N–H and O–H groups in total. The third kappa shape index (κ3) is 5.46. The summed E-state index contributed by atoms with van der Waals surface area (Å²) in [4.78, 5) is 11.3. The molecule has 3 aromatic rings.